The van der Waals surface area contributed by atoms with Crippen LogP contribution in [-0.2, 0) is 14.6 Å². The maximum Gasteiger partial charge on any atom is 0.236 e. The van der Waals surface area contributed by atoms with Gasteiger partial charge in [-0.05, 0) is 36.4 Å². The summed E-state index contributed by atoms with van der Waals surface area (Å²) < 4.78 is 43.5. The molecule has 1 aromatic heterocycles. The Balaban J connectivity index is 1.87. The minimum Gasteiger partial charge on any atom is -0.496 e. The first-order valence-corrected chi connectivity index (χ1v) is 10.8. The SMILES string of the molecule is COc1ccccc1-c1nc(S(=O)(=O)c2ccc(Cl)cc2)c(N2CCOCC2)o1. The van der Waals surface area contributed by atoms with E-state index in [-0.39, 0.29) is 21.7 Å². The van der Waals surface area contributed by atoms with Gasteiger partial charge < -0.3 is 18.8 Å². The molecule has 1 fully saturated rings. The zero-order valence-corrected chi connectivity index (χ0v) is 17.2. The Morgan fingerprint density at radius 3 is 2.45 bits per heavy atom. The number of ether oxygens (including phenoxy) is 2. The van der Waals surface area contributed by atoms with Crippen LogP contribution < -0.4 is 9.64 Å². The fraction of sp³-hybridized carbons (Fsp3) is 0.250. The molecule has 152 valence electrons. The Morgan fingerprint density at radius 2 is 1.76 bits per heavy atom. The molecule has 0 bridgehead atoms. The van der Waals surface area contributed by atoms with E-state index >= 15 is 0 Å². The van der Waals surface area contributed by atoms with Crippen molar-refractivity contribution in [3.63, 3.8) is 0 Å². The number of anilines is 1. The molecule has 0 radical (unpaired) electrons. The van der Waals surface area contributed by atoms with Crippen molar-refractivity contribution in [1.29, 1.82) is 0 Å². The summed E-state index contributed by atoms with van der Waals surface area (Å²) in [4.78, 5) is 6.31. The number of morpholine rings is 1. The molecule has 0 saturated carbocycles. The smallest absolute Gasteiger partial charge is 0.236 e. The highest BCUT2D eigenvalue weighted by molar-refractivity contribution is 7.91. The average Bonchev–Trinajstić information content (AvgIpc) is 3.21. The van der Waals surface area contributed by atoms with E-state index in [2.05, 4.69) is 4.98 Å². The van der Waals surface area contributed by atoms with Crippen LogP contribution in [0, 0.1) is 0 Å². The summed E-state index contributed by atoms with van der Waals surface area (Å²) in [7, 11) is -2.39. The van der Waals surface area contributed by atoms with Gasteiger partial charge in [0, 0.05) is 18.1 Å². The van der Waals surface area contributed by atoms with Crippen LogP contribution in [0.2, 0.25) is 5.02 Å². The fourth-order valence-corrected chi connectivity index (χ4v) is 4.55. The number of sulfone groups is 1. The van der Waals surface area contributed by atoms with Gasteiger partial charge in [0.05, 0.1) is 30.8 Å². The Morgan fingerprint density at radius 1 is 1.07 bits per heavy atom. The van der Waals surface area contributed by atoms with Crippen LogP contribution >= 0.6 is 11.6 Å². The van der Waals surface area contributed by atoms with Crippen LogP contribution in [0.4, 0.5) is 5.88 Å². The van der Waals surface area contributed by atoms with Crippen molar-refractivity contribution < 1.29 is 22.3 Å². The van der Waals surface area contributed by atoms with Gasteiger partial charge in [0.25, 0.3) is 0 Å². The molecule has 0 aliphatic carbocycles. The summed E-state index contributed by atoms with van der Waals surface area (Å²) >= 11 is 5.91. The number of hydrogen-bond donors (Lipinski definition) is 0. The third-order valence-corrected chi connectivity index (χ3v) is 6.51. The molecule has 1 aliphatic rings. The van der Waals surface area contributed by atoms with Crippen LogP contribution in [0.5, 0.6) is 5.75 Å². The minimum atomic E-state index is -3.93. The summed E-state index contributed by atoms with van der Waals surface area (Å²) in [5, 5.41) is 0.315. The van der Waals surface area contributed by atoms with Crippen LogP contribution in [0.15, 0.2) is 62.9 Å². The number of oxazole rings is 1. The molecule has 4 rings (SSSR count). The summed E-state index contributed by atoms with van der Waals surface area (Å²) in [6, 6.07) is 13.1. The molecule has 29 heavy (non-hydrogen) atoms. The van der Waals surface area contributed by atoms with Crippen molar-refractivity contribution in [2.75, 3.05) is 38.3 Å². The van der Waals surface area contributed by atoms with Gasteiger partial charge in [-0.1, -0.05) is 23.7 Å². The highest BCUT2D eigenvalue weighted by Gasteiger charge is 2.32. The third-order valence-electron chi connectivity index (χ3n) is 4.59. The lowest BCUT2D eigenvalue weighted by atomic mass is 10.2. The summed E-state index contributed by atoms with van der Waals surface area (Å²) in [5.74, 6) is 0.915. The lowest BCUT2D eigenvalue weighted by molar-refractivity contribution is 0.120. The van der Waals surface area contributed by atoms with E-state index < -0.39 is 9.84 Å². The van der Waals surface area contributed by atoms with E-state index in [1.165, 1.54) is 31.4 Å². The Kier molecular flexibility index (Phi) is 5.49. The largest absolute Gasteiger partial charge is 0.496 e. The first kappa shape index (κ1) is 19.8. The zero-order chi connectivity index (χ0) is 20.4. The molecule has 9 heteroatoms. The van der Waals surface area contributed by atoms with Gasteiger partial charge in [0.2, 0.25) is 26.6 Å². The maximum absolute atomic E-state index is 13.4. The zero-order valence-electron chi connectivity index (χ0n) is 15.7. The van der Waals surface area contributed by atoms with E-state index in [1.807, 2.05) is 17.0 Å². The Hall–Kier alpha value is -2.55. The topological polar surface area (TPSA) is 81.9 Å². The monoisotopic (exact) mass is 434 g/mol. The number of nitrogens with zero attached hydrogens (tertiary/aromatic N) is 2. The lowest BCUT2D eigenvalue weighted by Gasteiger charge is -2.26. The molecule has 0 amide bonds. The van der Waals surface area contributed by atoms with E-state index in [0.29, 0.717) is 42.6 Å². The van der Waals surface area contributed by atoms with Crippen molar-refractivity contribution in [3.8, 4) is 17.2 Å². The lowest BCUT2D eigenvalue weighted by Crippen LogP contribution is -2.36. The van der Waals surface area contributed by atoms with Gasteiger partial charge in [0.1, 0.15) is 5.75 Å². The average molecular weight is 435 g/mol. The van der Waals surface area contributed by atoms with Crippen molar-refractivity contribution in [1.82, 2.24) is 4.98 Å². The maximum atomic E-state index is 13.4. The van der Waals surface area contributed by atoms with Gasteiger partial charge in [-0.3, -0.25) is 0 Å². The number of hydrogen-bond acceptors (Lipinski definition) is 7. The standard InChI is InChI=1S/C20H19ClN2O5S/c1-26-17-5-3-2-4-16(17)18-22-19(20(28-18)23-10-12-27-13-11-23)29(24,25)15-8-6-14(21)7-9-15/h2-9H,10-13H2,1H3. The van der Waals surface area contributed by atoms with Crippen LogP contribution in [-0.4, -0.2) is 46.8 Å². The van der Waals surface area contributed by atoms with Crippen molar-refractivity contribution in [2.24, 2.45) is 0 Å². The molecule has 0 N–H and O–H groups in total. The second kappa shape index (κ2) is 8.06. The van der Waals surface area contributed by atoms with E-state index in [9.17, 15) is 8.42 Å². The predicted octanol–water partition coefficient (Wildman–Crippen LogP) is 3.67. The van der Waals surface area contributed by atoms with E-state index in [0.717, 1.165) is 0 Å². The van der Waals surface area contributed by atoms with Crippen LogP contribution in [0.25, 0.3) is 11.5 Å². The number of rotatable bonds is 5. The predicted molar refractivity (Wildman–Crippen MR) is 108 cm³/mol. The molecule has 2 aromatic carbocycles. The molecular weight excluding hydrogens is 416 g/mol. The molecule has 3 aromatic rings. The quantitative estimate of drug-likeness (QED) is 0.605. The molecule has 0 atom stereocenters. The summed E-state index contributed by atoms with van der Waals surface area (Å²) in [6.07, 6.45) is 0. The number of aromatic nitrogens is 1. The van der Waals surface area contributed by atoms with Crippen molar-refractivity contribution in [3.05, 3.63) is 53.6 Å². The molecular formula is C20H19ClN2O5S. The Bertz CT molecular complexity index is 1110. The number of benzene rings is 2. The third kappa shape index (κ3) is 3.83. The molecule has 7 nitrogen and oxygen atoms in total. The second-order valence-electron chi connectivity index (χ2n) is 6.39. The molecule has 0 spiro atoms. The van der Waals surface area contributed by atoms with Gasteiger partial charge >= 0.3 is 0 Å². The molecule has 0 unspecified atom stereocenters. The highest BCUT2D eigenvalue weighted by Crippen LogP contribution is 2.37. The van der Waals surface area contributed by atoms with Gasteiger partial charge in [0.15, 0.2) is 0 Å². The molecule has 1 aliphatic heterocycles. The summed E-state index contributed by atoms with van der Waals surface area (Å²) in [6.45, 7) is 1.96. The van der Waals surface area contributed by atoms with Crippen molar-refractivity contribution in [2.45, 2.75) is 9.92 Å². The van der Waals surface area contributed by atoms with Gasteiger partial charge in [-0.15, -0.1) is 0 Å². The molecule has 1 saturated heterocycles. The van der Waals surface area contributed by atoms with Crippen LogP contribution in [0.1, 0.15) is 0 Å². The number of halogens is 1. The van der Waals surface area contributed by atoms with Gasteiger partial charge in [-0.2, -0.15) is 4.98 Å². The summed E-state index contributed by atoms with van der Waals surface area (Å²) in [5.41, 5.74) is 0.571. The Labute approximate surface area is 173 Å². The van der Waals surface area contributed by atoms with Crippen LogP contribution in [0.3, 0.4) is 0 Å². The number of methoxy groups -OCH3 is 1. The van der Waals surface area contributed by atoms with E-state index in [4.69, 9.17) is 25.5 Å². The van der Waals surface area contributed by atoms with Crippen molar-refractivity contribution >= 4 is 27.3 Å². The van der Waals surface area contributed by atoms with E-state index in [1.54, 1.807) is 12.1 Å². The minimum absolute atomic E-state index is 0.0938. The highest BCUT2D eigenvalue weighted by atomic mass is 35.5. The van der Waals surface area contributed by atoms with Gasteiger partial charge in [-0.25, -0.2) is 8.42 Å². The normalized spacial score (nSPS) is 14.8. The first-order valence-electron chi connectivity index (χ1n) is 8.98. The number of para-hydroxylation sites is 1. The first-order chi connectivity index (χ1) is 14.0. The molecule has 2 heterocycles. The fourth-order valence-electron chi connectivity index (χ4n) is 3.10. The second-order valence-corrected chi connectivity index (χ2v) is 8.69.